The molecule has 0 aromatic heterocycles. The fourth-order valence-electron chi connectivity index (χ4n) is 10.6. The summed E-state index contributed by atoms with van der Waals surface area (Å²) in [5.41, 5.74) is 15.7. The topological polar surface area (TPSA) is 61.9 Å². The van der Waals surface area contributed by atoms with Crippen molar-refractivity contribution in [1.29, 1.82) is 0 Å². The van der Waals surface area contributed by atoms with Crippen LogP contribution in [0, 0.1) is 0 Å². The van der Waals surface area contributed by atoms with Crippen LogP contribution in [0.5, 0.6) is 34.5 Å². The Bertz CT molecular complexity index is 3360. The summed E-state index contributed by atoms with van der Waals surface area (Å²) >= 11 is 0. The minimum absolute atomic E-state index is 0.416. The molecule has 11 rings (SSSR count). The van der Waals surface area contributed by atoms with Gasteiger partial charge in [-0.1, -0.05) is 110 Å². The second kappa shape index (κ2) is 22.7. The highest BCUT2D eigenvalue weighted by Crippen LogP contribution is 2.59. The van der Waals surface area contributed by atoms with Crippen LogP contribution in [-0.4, -0.2) is 28.4 Å². The van der Waals surface area contributed by atoms with E-state index in [2.05, 4.69) is 205 Å². The van der Waals surface area contributed by atoms with E-state index in [4.69, 9.17) is 28.4 Å². The van der Waals surface area contributed by atoms with Crippen LogP contribution in [0.2, 0.25) is 0 Å². The molecule has 10 aromatic carbocycles. The van der Waals surface area contributed by atoms with Crippen molar-refractivity contribution >= 4 is 46.3 Å². The van der Waals surface area contributed by atoms with Gasteiger partial charge in [0.25, 0.3) is 0 Å². The maximum absolute atomic E-state index is 6.52. The van der Waals surface area contributed by atoms with Crippen LogP contribution in [0.3, 0.4) is 0 Å². The van der Waals surface area contributed by atoms with Crippen molar-refractivity contribution in [3.8, 4) is 45.6 Å². The number of fused-ring (bicyclic) bond motifs is 3. The molecule has 0 N–H and O–H groups in total. The van der Waals surface area contributed by atoms with E-state index in [9.17, 15) is 0 Å². The Hall–Kier alpha value is -9.92. The molecule has 0 radical (unpaired) electrons. The molecule has 0 aliphatic heterocycles. The smallest absolute Gasteiger partial charge is 0.119 e. The summed E-state index contributed by atoms with van der Waals surface area (Å²) in [5.74, 6) is 4.60. The molecule has 0 amide bonds. The summed E-state index contributed by atoms with van der Waals surface area (Å²) < 4.78 is 35.6. The number of rotatable bonds is 20. The maximum Gasteiger partial charge on any atom is 0.119 e. The molecule has 390 valence electrons. The van der Waals surface area contributed by atoms with E-state index < -0.39 is 5.41 Å². The first-order chi connectivity index (χ1) is 38.8. The Balaban J connectivity index is 1.13. The first kappa shape index (κ1) is 51.2. The van der Waals surface area contributed by atoms with Crippen LogP contribution in [0.1, 0.15) is 44.5 Å². The van der Waals surface area contributed by atoms with E-state index in [1.807, 2.05) is 60.7 Å². The summed E-state index contributed by atoms with van der Waals surface area (Å²) in [6.07, 6.45) is 3.69. The third-order valence-electron chi connectivity index (χ3n) is 14.8. The lowest BCUT2D eigenvalue weighted by Gasteiger charge is -2.36. The highest BCUT2D eigenvalue weighted by atomic mass is 16.5. The zero-order chi connectivity index (χ0) is 54.3. The zero-order valence-corrected chi connectivity index (χ0v) is 44.8. The van der Waals surface area contributed by atoms with E-state index in [1.54, 1.807) is 28.4 Å². The lowest BCUT2D eigenvalue weighted by atomic mass is 9.67. The molecule has 0 spiro atoms. The quantitative estimate of drug-likeness (QED) is 0.0748. The second-order valence-corrected chi connectivity index (χ2v) is 19.2. The van der Waals surface area contributed by atoms with Crippen molar-refractivity contribution in [2.24, 2.45) is 0 Å². The molecule has 0 saturated heterocycles. The van der Waals surface area contributed by atoms with Gasteiger partial charge in [-0.25, -0.2) is 0 Å². The van der Waals surface area contributed by atoms with Gasteiger partial charge in [0.05, 0.1) is 33.9 Å². The van der Waals surface area contributed by atoms with Gasteiger partial charge in [0.15, 0.2) is 0 Å². The van der Waals surface area contributed by atoms with Crippen molar-refractivity contribution in [2.45, 2.75) is 18.6 Å². The summed E-state index contributed by atoms with van der Waals surface area (Å²) in [4.78, 5) is 4.56. The molecule has 0 fully saturated rings. The highest BCUT2D eigenvalue weighted by Gasteiger charge is 2.47. The van der Waals surface area contributed by atoms with Crippen LogP contribution >= 0.6 is 0 Å². The predicted octanol–water partition coefficient (Wildman–Crippen LogP) is 17.5. The standard InChI is InChI=1S/C71H60N2O6/c1-7-49-9-13-51(14-10-49)47-78-65-31-17-53(18-32-65)71(54-19-33-66(34-20-54)79-48-52-15-11-50(8-2)12-16-52)69-45-59(72(55-21-35-61(74-3)36-22-55)56-23-37-62(75-4)38-24-56)29-43-67(69)68-44-30-60(46-70(68)71)73(57-25-39-63(76-5)40-26-57)58-27-41-64(77-6)42-28-58/h7-46H,1-2,47-48H2,3-6H3. The number of anilines is 6. The van der Waals surface area contributed by atoms with Crippen molar-refractivity contribution in [1.82, 2.24) is 0 Å². The van der Waals surface area contributed by atoms with Crippen LogP contribution in [-0.2, 0) is 18.6 Å². The molecule has 0 saturated carbocycles. The van der Waals surface area contributed by atoms with Gasteiger partial charge in [0.1, 0.15) is 47.7 Å². The lowest BCUT2D eigenvalue weighted by molar-refractivity contribution is 0.306. The highest BCUT2D eigenvalue weighted by molar-refractivity contribution is 5.92. The van der Waals surface area contributed by atoms with Gasteiger partial charge in [0.2, 0.25) is 0 Å². The minimum Gasteiger partial charge on any atom is -0.497 e. The Morgan fingerprint density at radius 2 is 0.608 bits per heavy atom. The fraction of sp³-hybridized carbons (Fsp3) is 0.0986. The third-order valence-corrected chi connectivity index (χ3v) is 14.8. The van der Waals surface area contributed by atoms with Crippen LogP contribution in [0.25, 0.3) is 23.3 Å². The summed E-state index contributed by atoms with van der Waals surface area (Å²) in [6.45, 7) is 8.68. The molecule has 0 unspecified atom stereocenters. The van der Waals surface area contributed by atoms with Gasteiger partial charge in [-0.3, -0.25) is 0 Å². The van der Waals surface area contributed by atoms with Gasteiger partial charge in [-0.15, -0.1) is 0 Å². The van der Waals surface area contributed by atoms with Crippen molar-refractivity contribution < 1.29 is 28.4 Å². The van der Waals surface area contributed by atoms with E-state index in [0.717, 1.165) is 124 Å². The fourth-order valence-corrected chi connectivity index (χ4v) is 10.6. The average Bonchev–Trinajstić information content (AvgIpc) is 3.93. The Morgan fingerprint density at radius 1 is 0.329 bits per heavy atom. The van der Waals surface area contributed by atoms with Crippen LogP contribution < -0.4 is 38.2 Å². The van der Waals surface area contributed by atoms with Crippen LogP contribution in [0.15, 0.2) is 244 Å². The molecule has 8 nitrogen and oxygen atoms in total. The van der Waals surface area contributed by atoms with Gasteiger partial charge in [-0.05, 0) is 201 Å². The summed E-state index contributed by atoms with van der Waals surface area (Å²) in [5, 5.41) is 0. The Kier molecular flexibility index (Phi) is 14.7. The number of hydrogen-bond acceptors (Lipinski definition) is 8. The molecule has 8 heteroatoms. The number of nitrogens with zero attached hydrogens (tertiary/aromatic N) is 2. The lowest BCUT2D eigenvalue weighted by Crippen LogP contribution is -2.29. The van der Waals surface area contributed by atoms with Crippen molar-refractivity contribution in [3.05, 3.63) is 288 Å². The average molecular weight is 1040 g/mol. The minimum atomic E-state index is -0.897. The van der Waals surface area contributed by atoms with Crippen LogP contribution in [0.4, 0.5) is 34.1 Å². The Morgan fingerprint density at radius 3 is 0.886 bits per heavy atom. The largest absolute Gasteiger partial charge is 0.497 e. The molecule has 10 aromatic rings. The number of ether oxygens (including phenoxy) is 6. The molecular formula is C71H60N2O6. The maximum atomic E-state index is 6.52. The molecule has 79 heavy (non-hydrogen) atoms. The molecule has 1 aliphatic rings. The van der Waals surface area contributed by atoms with Crippen molar-refractivity contribution in [3.63, 3.8) is 0 Å². The number of methoxy groups -OCH3 is 4. The molecule has 0 atom stereocenters. The normalized spacial score (nSPS) is 11.8. The molecule has 0 heterocycles. The van der Waals surface area contributed by atoms with E-state index in [1.165, 1.54) is 0 Å². The first-order valence-electron chi connectivity index (χ1n) is 26.2. The molecule has 1 aliphatic carbocycles. The van der Waals surface area contributed by atoms with E-state index in [0.29, 0.717) is 13.2 Å². The number of hydrogen-bond donors (Lipinski definition) is 0. The van der Waals surface area contributed by atoms with E-state index in [-0.39, 0.29) is 0 Å². The monoisotopic (exact) mass is 1040 g/mol. The summed E-state index contributed by atoms with van der Waals surface area (Å²) in [6, 6.07) is 80.3. The molecule has 0 bridgehead atoms. The molecular weight excluding hydrogens is 977 g/mol. The van der Waals surface area contributed by atoms with Gasteiger partial charge < -0.3 is 38.2 Å². The second-order valence-electron chi connectivity index (χ2n) is 19.2. The van der Waals surface area contributed by atoms with E-state index >= 15 is 0 Å². The zero-order valence-electron chi connectivity index (χ0n) is 44.8. The van der Waals surface area contributed by atoms with Gasteiger partial charge in [0, 0.05) is 34.1 Å². The first-order valence-corrected chi connectivity index (χ1v) is 26.2. The van der Waals surface area contributed by atoms with Crippen molar-refractivity contribution in [2.75, 3.05) is 38.2 Å². The summed E-state index contributed by atoms with van der Waals surface area (Å²) in [7, 11) is 6.75. The SMILES string of the molecule is C=Cc1ccc(COc2ccc(C3(c4ccc(OCc5ccc(C=C)cc5)cc4)c4cc(N(c5ccc(OC)cc5)c5ccc(OC)cc5)ccc4-c4ccc(N(c5ccc(OC)cc5)c5ccc(OC)cc5)cc43)cc2)cc1. The van der Waals surface area contributed by atoms with Gasteiger partial charge >= 0.3 is 0 Å². The third kappa shape index (κ3) is 10.3. The number of benzene rings is 10. The Labute approximate surface area is 463 Å². The predicted molar refractivity (Wildman–Crippen MR) is 321 cm³/mol. The van der Waals surface area contributed by atoms with Gasteiger partial charge in [-0.2, -0.15) is 0 Å².